The molecule has 0 aromatic carbocycles. The van der Waals surface area contributed by atoms with Gasteiger partial charge in [0.25, 0.3) is 0 Å². The molecule has 0 radical (unpaired) electrons. The van der Waals surface area contributed by atoms with Crippen LogP contribution in [0.15, 0.2) is 0 Å². The van der Waals surface area contributed by atoms with Crippen molar-refractivity contribution in [3.05, 3.63) is 0 Å². The molecular weight excluding hydrogens is 156 g/mol. The van der Waals surface area contributed by atoms with Crippen LogP contribution in [-0.2, 0) is 0 Å². The predicted molar refractivity (Wildman–Crippen MR) is 48.6 cm³/mol. The topological polar surface area (TPSA) is 35.8 Å². The van der Waals surface area contributed by atoms with Gasteiger partial charge < -0.3 is 0 Å². The molecule has 62 valence electrons. The zero-order valence-electron chi connectivity index (χ0n) is 6.84. The average molecular weight is 170 g/mol. The van der Waals surface area contributed by atoms with E-state index >= 15 is 0 Å². The predicted octanol–water partition coefficient (Wildman–Crippen LogP) is 1.38. The van der Waals surface area contributed by atoms with Crippen LogP contribution in [0, 0.1) is 11.3 Å². The van der Waals surface area contributed by atoms with Crippen molar-refractivity contribution < 1.29 is 0 Å². The highest BCUT2D eigenvalue weighted by atomic mass is 32.2. The zero-order valence-corrected chi connectivity index (χ0v) is 7.66. The van der Waals surface area contributed by atoms with Crippen LogP contribution >= 0.6 is 11.8 Å². The summed E-state index contributed by atoms with van der Waals surface area (Å²) < 4.78 is 0. The van der Waals surface area contributed by atoms with E-state index < -0.39 is 0 Å². The third-order valence-electron chi connectivity index (χ3n) is 1.78. The molecule has 0 aromatic heterocycles. The fraction of sp³-hybridized carbons (Fsp3) is 0.875. The van der Waals surface area contributed by atoms with Gasteiger partial charge >= 0.3 is 0 Å². The van der Waals surface area contributed by atoms with Crippen molar-refractivity contribution in [3.63, 3.8) is 0 Å². The van der Waals surface area contributed by atoms with Crippen molar-refractivity contribution in [2.45, 2.75) is 31.3 Å². The van der Waals surface area contributed by atoms with Crippen LogP contribution < -0.4 is 5.32 Å². The Kier molecular flexibility index (Phi) is 3.74. The summed E-state index contributed by atoms with van der Waals surface area (Å²) in [5.41, 5.74) is 0. The lowest BCUT2D eigenvalue weighted by Gasteiger charge is -2.08. The van der Waals surface area contributed by atoms with Gasteiger partial charge in [-0.15, -0.1) is 0 Å². The summed E-state index contributed by atoms with van der Waals surface area (Å²) in [6.45, 7) is 0. The van der Waals surface area contributed by atoms with Gasteiger partial charge in [0, 0.05) is 6.04 Å². The second-order valence-corrected chi connectivity index (χ2v) is 3.89. The van der Waals surface area contributed by atoms with Crippen molar-refractivity contribution in [1.82, 2.24) is 5.32 Å². The van der Waals surface area contributed by atoms with E-state index in [-0.39, 0.29) is 6.04 Å². The molecule has 1 aliphatic carbocycles. The summed E-state index contributed by atoms with van der Waals surface area (Å²) in [6, 6.07) is 3.03. The van der Waals surface area contributed by atoms with Gasteiger partial charge in [0.05, 0.1) is 12.1 Å². The van der Waals surface area contributed by atoms with E-state index in [9.17, 15) is 0 Å². The molecule has 0 bridgehead atoms. The second-order valence-electron chi connectivity index (χ2n) is 2.90. The van der Waals surface area contributed by atoms with E-state index in [1.807, 2.05) is 0 Å². The maximum atomic E-state index is 8.71. The van der Waals surface area contributed by atoms with E-state index in [0.717, 1.165) is 12.2 Å². The largest absolute Gasteiger partial charge is 0.299 e. The lowest BCUT2D eigenvalue weighted by Crippen LogP contribution is -2.29. The Bertz CT molecular complexity index is 149. The van der Waals surface area contributed by atoms with E-state index in [1.165, 1.54) is 12.8 Å². The standard InChI is InChI=1S/C8H14N2S/c1-11-5-4-8(6-9)10-7-2-3-7/h7-8,10H,2-5H2,1H3. The molecule has 0 saturated heterocycles. The van der Waals surface area contributed by atoms with Gasteiger partial charge in [-0.2, -0.15) is 17.0 Å². The number of rotatable bonds is 5. The molecule has 0 amide bonds. The Morgan fingerprint density at radius 1 is 1.73 bits per heavy atom. The molecule has 1 rings (SSSR count). The molecule has 0 spiro atoms. The molecule has 1 aliphatic rings. The molecule has 1 atom stereocenters. The second kappa shape index (κ2) is 4.63. The fourth-order valence-electron chi connectivity index (χ4n) is 0.955. The Morgan fingerprint density at radius 3 is 2.91 bits per heavy atom. The summed E-state index contributed by atoms with van der Waals surface area (Å²) >= 11 is 1.80. The highest BCUT2D eigenvalue weighted by molar-refractivity contribution is 7.98. The van der Waals surface area contributed by atoms with Crippen molar-refractivity contribution in [1.29, 1.82) is 5.26 Å². The molecule has 3 heteroatoms. The van der Waals surface area contributed by atoms with Crippen LogP contribution in [0.25, 0.3) is 0 Å². The van der Waals surface area contributed by atoms with Gasteiger partial charge in [-0.05, 0) is 31.3 Å². The third-order valence-corrected chi connectivity index (χ3v) is 2.42. The molecule has 0 aromatic rings. The fourth-order valence-corrected chi connectivity index (χ4v) is 1.43. The van der Waals surface area contributed by atoms with Crippen LogP contribution in [0.4, 0.5) is 0 Å². The highest BCUT2D eigenvalue weighted by Crippen LogP contribution is 2.19. The minimum Gasteiger partial charge on any atom is -0.299 e. The minimum atomic E-state index is 0.0925. The van der Waals surface area contributed by atoms with Crippen LogP contribution in [0.2, 0.25) is 0 Å². The number of nitrogens with one attached hydrogen (secondary N) is 1. The molecule has 1 N–H and O–H groups in total. The summed E-state index contributed by atoms with van der Waals surface area (Å²) in [5, 5.41) is 12.0. The molecule has 1 saturated carbocycles. The monoisotopic (exact) mass is 170 g/mol. The first-order valence-electron chi connectivity index (χ1n) is 4.01. The van der Waals surface area contributed by atoms with E-state index in [4.69, 9.17) is 5.26 Å². The molecule has 2 nitrogen and oxygen atoms in total. The first-order valence-corrected chi connectivity index (χ1v) is 5.41. The number of thioether (sulfide) groups is 1. The Balaban J connectivity index is 2.09. The molecule has 0 heterocycles. The first-order chi connectivity index (χ1) is 5.36. The lowest BCUT2D eigenvalue weighted by molar-refractivity contribution is 0.587. The summed E-state index contributed by atoms with van der Waals surface area (Å²) in [5.74, 6) is 1.08. The van der Waals surface area contributed by atoms with Crippen molar-refractivity contribution >= 4 is 11.8 Å². The maximum absolute atomic E-state index is 8.71. The average Bonchev–Trinajstić information content (AvgIpc) is 2.81. The van der Waals surface area contributed by atoms with Crippen molar-refractivity contribution in [3.8, 4) is 6.07 Å². The Morgan fingerprint density at radius 2 is 2.45 bits per heavy atom. The highest BCUT2D eigenvalue weighted by Gasteiger charge is 2.23. The minimum absolute atomic E-state index is 0.0925. The van der Waals surface area contributed by atoms with Gasteiger partial charge in [-0.1, -0.05) is 0 Å². The van der Waals surface area contributed by atoms with Gasteiger partial charge in [-0.3, -0.25) is 5.32 Å². The van der Waals surface area contributed by atoms with Crippen LogP contribution in [0.1, 0.15) is 19.3 Å². The summed E-state index contributed by atoms with van der Waals surface area (Å²) in [7, 11) is 0. The number of nitriles is 1. The Labute approximate surface area is 72.4 Å². The molecule has 1 unspecified atom stereocenters. The van der Waals surface area contributed by atoms with Gasteiger partial charge in [0.2, 0.25) is 0 Å². The van der Waals surface area contributed by atoms with Gasteiger partial charge in [0.1, 0.15) is 0 Å². The quantitative estimate of drug-likeness (QED) is 0.677. The van der Waals surface area contributed by atoms with Crippen LogP contribution in [0.3, 0.4) is 0 Å². The molecular formula is C8H14N2S. The van der Waals surface area contributed by atoms with E-state index in [2.05, 4.69) is 17.6 Å². The zero-order chi connectivity index (χ0) is 8.10. The summed E-state index contributed by atoms with van der Waals surface area (Å²) in [6.07, 6.45) is 5.58. The molecule has 11 heavy (non-hydrogen) atoms. The lowest BCUT2D eigenvalue weighted by atomic mass is 10.2. The van der Waals surface area contributed by atoms with Crippen LogP contribution in [-0.4, -0.2) is 24.1 Å². The summed E-state index contributed by atoms with van der Waals surface area (Å²) in [4.78, 5) is 0. The number of nitrogens with zero attached hydrogens (tertiary/aromatic N) is 1. The molecule has 1 fully saturated rings. The van der Waals surface area contributed by atoms with Crippen molar-refractivity contribution in [2.75, 3.05) is 12.0 Å². The van der Waals surface area contributed by atoms with Crippen LogP contribution in [0.5, 0.6) is 0 Å². The third kappa shape index (κ3) is 3.64. The number of hydrogen-bond acceptors (Lipinski definition) is 3. The van der Waals surface area contributed by atoms with E-state index in [0.29, 0.717) is 6.04 Å². The maximum Gasteiger partial charge on any atom is 0.0963 e. The normalized spacial score (nSPS) is 19.3. The van der Waals surface area contributed by atoms with Crippen molar-refractivity contribution in [2.24, 2.45) is 0 Å². The van der Waals surface area contributed by atoms with Gasteiger partial charge in [-0.25, -0.2) is 0 Å². The first kappa shape index (κ1) is 8.89. The van der Waals surface area contributed by atoms with E-state index in [1.54, 1.807) is 11.8 Å². The molecule has 0 aliphatic heterocycles. The number of hydrogen-bond donors (Lipinski definition) is 1. The Hall–Kier alpha value is -0.200. The van der Waals surface area contributed by atoms with Gasteiger partial charge in [0.15, 0.2) is 0 Å². The SMILES string of the molecule is CSCCC(C#N)NC1CC1. The smallest absolute Gasteiger partial charge is 0.0963 e.